The molecule has 1 saturated heterocycles. The highest BCUT2D eigenvalue weighted by Crippen LogP contribution is 2.29. The minimum atomic E-state index is -0.205. The van der Waals surface area contributed by atoms with Crippen LogP contribution in [-0.2, 0) is 17.8 Å². The van der Waals surface area contributed by atoms with Crippen LogP contribution in [0.5, 0.6) is 0 Å². The number of ether oxygens (including phenoxy) is 1. The van der Waals surface area contributed by atoms with E-state index in [-0.39, 0.29) is 17.5 Å². The highest BCUT2D eigenvalue weighted by atomic mass is 16.5. The Bertz CT molecular complexity index is 1310. The van der Waals surface area contributed by atoms with Crippen molar-refractivity contribution in [3.8, 4) is 22.4 Å². The van der Waals surface area contributed by atoms with Crippen LogP contribution in [0.15, 0.2) is 52.3 Å². The summed E-state index contributed by atoms with van der Waals surface area (Å²) < 4.78 is 14.0. The van der Waals surface area contributed by atoms with Gasteiger partial charge in [-0.3, -0.25) is 14.5 Å². The predicted molar refractivity (Wildman–Crippen MR) is 117 cm³/mol. The van der Waals surface area contributed by atoms with Gasteiger partial charge in [0.05, 0.1) is 38.7 Å². The molecule has 5 rings (SSSR count). The van der Waals surface area contributed by atoms with Crippen LogP contribution >= 0.6 is 0 Å². The van der Waals surface area contributed by atoms with E-state index in [1.807, 2.05) is 36.9 Å². The Balaban J connectivity index is 1.38. The van der Waals surface area contributed by atoms with Gasteiger partial charge in [-0.1, -0.05) is 12.1 Å². The van der Waals surface area contributed by atoms with Crippen molar-refractivity contribution in [2.45, 2.75) is 33.9 Å². The molecule has 9 heteroatoms. The third kappa shape index (κ3) is 3.87. The largest absolute Gasteiger partial charge is 0.380 e. The molecule has 0 saturated carbocycles. The maximum atomic E-state index is 12.8. The molecule has 0 aromatic carbocycles. The van der Waals surface area contributed by atoms with Gasteiger partial charge >= 0.3 is 0 Å². The van der Waals surface area contributed by atoms with Crippen LogP contribution in [0.2, 0.25) is 0 Å². The summed E-state index contributed by atoms with van der Waals surface area (Å²) in [6, 6.07) is 5.44. The minimum absolute atomic E-state index is 0.117. The lowest BCUT2D eigenvalue weighted by atomic mass is 9.89. The molecule has 164 valence electrons. The summed E-state index contributed by atoms with van der Waals surface area (Å²) in [6.07, 6.45) is 7.14. The van der Waals surface area contributed by atoms with Gasteiger partial charge in [-0.15, -0.1) is 0 Å². The molecule has 0 amide bonds. The molecule has 1 aliphatic rings. The zero-order chi connectivity index (χ0) is 22.3. The van der Waals surface area contributed by atoms with Crippen molar-refractivity contribution in [3.05, 3.63) is 70.4 Å². The molecular weight excluding hydrogens is 408 g/mol. The van der Waals surface area contributed by atoms with Crippen molar-refractivity contribution < 1.29 is 9.26 Å². The molecular formula is C23H24N6O3. The van der Waals surface area contributed by atoms with E-state index < -0.39 is 0 Å². The molecule has 4 aromatic rings. The molecule has 0 radical (unpaired) electrons. The van der Waals surface area contributed by atoms with Gasteiger partial charge in [0, 0.05) is 51.8 Å². The summed E-state index contributed by atoms with van der Waals surface area (Å²) in [6.45, 7) is 8.44. The van der Waals surface area contributed by atoms with Crippen LogP contribution < -0.4 is 5.56 Å². The first-order valence-corrected chi connectivity index (χ1v) is 10.5. The van der Waals surface area contributed by atoms with Gasteiger partial charge in [0.1, 0.15) is 11.5 Å². The van der Waals surface area contributed by atoms with Gasteiger partial charge < -0.3 is 9.26 Å². The lowest BCUT2D eigenvalue weighted by Gasteiger charge is -2.37. The molecule has 0 unspecified atom stereocenters. The molecule has 0 N–H and O–H groups in total. The Morgan fingerprint density at radius 2 is 1.88 bits per heavy atom. The number of aromatic nitrogens is 6. The Labute approximate surface area is 184 Å². The lowest BCUT2D eigenvalue weighted by molar-refractivity contribution is -0.111. The molecule has 0 aliphatic carbocycles. The fourth-order valence-electron chi connectivity index (χ4n) is 3.80. The van der Waals surface area contributed by atoms with Gasteiger partial charge in [0.15, 0.2) is 0 Å². The summed E-state index contributed by atoms with van der Waals surface area (Å²) in [5.41, 5.74) is 4.74. The summed E-state index contributed by atoms with van der Waals surface area (Å²) in [4.78, 5) is 17.2. The van der Waals surface area contributed by atoms with Crippen molar-refractivity contribution in [2.24, 2.45) is 5.41 Å². The van der Waals surface area contributed by atoms with E-state index >= 15 is 0 Å². The second-order valence-electron chi connectivity index (χ2n) is 8.72. The van der Waals surface area contributed by atoms with Gasteiger partial charge in [-0.2, -0.15) is 10.2 Å². The van der Waals surface area contributed by atoms with Crippen LogP contribution in [-0.4, -0.2) is 42.9 Å². The van der Waals surface area contributed by atoms with Gasteiger partial charge in [0.25, 0.3) is 5.56 Å². The van der Waals surface area contributed by atoms with E-state index in [0.29, 0.717) is 11.5 Å². The Morgan fingerprint density at radius 1 is 1.06 bits per heavy atom. The van der Waals surface area contributed by atoms with Gasteiger partial charge in [0.2, 0.25) is 0 Å². The Hall–Kier alpha value is -3.59. The number of hydrogen-bond donors (Lipinski definition) is 0. The standard InChI is InChI=1S/C23H24N6O3/c1-15-4-5-17(7-24-15)22-20(16(2)32-27-22)11-29-21(30)6-18(8-26-29)19-9-25-28(10-19)12-23(3)13-31-14-23/h4-10H,11-14H2,1-3H3. The number of rotatable bonds is 6. The first-order valence-electron chi connectivity index (χ1n) is 10.5. The first kappa shape index (κ1) is 20.3. The fourth-order valence-corrected chi connectivity index (χ4v) is 3.80. The monoisotopic (exact) mass is 432 g/mol. The molecule has 32 heavy (non-hydrogen) atoms. The number of pyridine rings is 1. The summed E-state index contributed by atoms with van der Waals surface area (Å²) in [5.74, 6) is 0.646. The summed E-state index contributed by atoms with van der Waals surface area (Å²) in [7, 11) is 0. The summed E-state index contributed by atoms with van der Waals surface area (Å²) in [5, 5.41) is 13.0. The van der Waals surface area contributed by atoms with Crippen LogP contribution in [0.1, 0.15) is 23.9 Å². The summed E-state index contributed by atoms with van der Waals surface area (Å²) >= 11 is 0. The van der Waals surface area contributed by atoms with Gasteiger partial charge in [-0.05, 0) is 26.0 Å². The maximum Gasteiger partial charge on any atom is 0.267 e. The highest BCUT2D eigenvalue weighted by Gasteiger charge is 2.34. The van der Waals surface area contributed by atoms with E-state index in [2.05, 4.69) is 27.3 Å². The number of aryl methyl sites for hydroxylation is 2. The van der Waals surface area contributed by atoms with Crippen molar-refractivity contribution in [3.63, 3.8) is 0 Å². The molecule has 0 atom stereocenters. The molecule has 0 bridgehead atoms. The molecule has 1 fully saturated rings. The maximum absolute atomic E-state index is 12.8. The molecule has 4 aromatic heterocycles. The average molecular weight is 432 g/mol. The Kier molecular flexibility index (Phi) is 4.97. The fraction of sp³-hybridized carbons (Fsp3) is 0.348. The van der Waals surface area contributed by atoms with Crippen molar-refractivity contribution in [1.29, 1.82) is 0 Å². The highest BCUT2D eigenvalue weighted by molar-refractivity contribution is 5.63. The van der Waals surface area contributed by atoms with Crippen LogP contribution in [0, 0.1) is 19.3 Å². The van der Waals surface area contributed by atoms with Crippen molar-refractivity contribution >= 4 is 0 Å². The second-order valence-corrected chi connectivity index (χ2v) is 8.72. The topological polar surface area (TPSA) is 101 Å². The van der Waals surface area contributed by atoms with E-state index in [1.165, 1.54) is 4.68 Å². The van der Waals surface area contributed by atoms with Crippen molar-refractivity contribution in [1.82, 2.24) is 29.7 Å². The van der Waals surface area contributed by atoms with E-state index in [9.17, 15) is 4.79 Å². The van der Waals surface area contributed by atoms with Crippen LogP contribution in [0.3, 0.4) is 0 Å². The zero-order valence-electron chi connectivity index (χ0n) is 18.3. The van der Waals surface area contributed by atoms with E-state index in [0.717, 1.165) is 47.7 Å². The predicted octanol–water partition coefficient (Wildman–Crippen LogP) is 2.86. The Morgan fingerprint density at radius 3 is 2.56 bits per heavy atom. The van der Waals surface area contributed by atoms with E-state index in [1.54, 1.807) is 24.7 Å². The first-order chi connectivity index (χ1) is 15.4. The van der Waals surface area contributed by atoms with Crippen molar-refractivity contribution in [2.75, 3.05) is 13.2 Å². The molecule has 5 heterocycles. The lowest BCUT2D eigenvalue weighted by Crippen LogP contribution is -2.43. The SMILES string of the molecule is Cc1ccc(-c2noc(C)c2Cn2ncc(-c3cnn(CC4(C)COC4)c3)cc2=O)cn1. The van der Waals surface area contributed by atoms with Crippen LogP contribution in [0.4, 0.5) is 0 Å². The number of hydrogen-bond acceptors (Lipinski definition) is 7. The third-order valence-electron chi connectivity index (χ3n) is 5.76. The third-order valence-corrected chi connectivity index (χ3v) is 5.76. The number of nitrogens with zero attached hydrogens (tertiary/aromatic N) is 6. The molecule has 9 nitrogen and oxygen atoms in total. The minimum Gasteiger partial charge on any atom is -0.380 e. The van der Waals surface area contributed by atoms with Crippen LogP contribution in [0.25, 0.3) is 22.4 Å². The average Bonchev–Trinajstić information content (AvgIpc) is 3.36. The smallest absolute Gasteiger partial charge is 0.267 e. The van der Waals surface area contributed by atoms with Gasteiger partial charge in [-0.25, -0.2) is 4.68 Å². The quantitative estimate of drug-likeness (QED) is 0.462. The second kappa shape index (κ2) is 7.83. The molecule has 1 aliphatic heterocycles. The molecule has 0 spiro atoms. The zero-order valence-corrected chi connectivity index (χ0v) is 18.3. The normalized spacial score (nSPS) is 15.0. The van der Waals surface area contributed by atoms with E-state index in [4.69, 9.17) is 9.26 Å².